The van der Waals surface area contributed by atoms with Crippen LogP contribution in [0.1, 0.15) is 41.5 Å². The number of methoxy groups -OCH3 is 3. The van der Waals surface area contributed by atoms with E-state index in [1.165, 1.54) is 26.0 Å². The van der Waals surface area contributed by atoms with Crippen LogP contribution in [0.3, 0.4) is 0 Å². The molecule has 0 atom stereocenters. The molecule has 1 aliphatic rings. The number of benzene rings is 1. The molecule has 8 heteroatoms. The zero-order chi connectivity index (χ0) is 20.4. The van der Waals surface area contributed by atoms with Crippen molar-refractivity contribution in [3.8, 4) is 17.2 Å². The van der Waals surface area contributed by atoms with Crippen molar-refractivity contribution in [3.05, 3.63) is 45.4 Å². The minimum absolute atomic E-state index is 0.00306. The minimum Gasteiger partial charge on any atom is -0.493 e. The van der Waals surface area contributed by atoms with Crippen molar-refractivity contribution in [2.45, 2.75) is 32.9 Å². The highest BCUT2D eigenvalue weighted by atomic mass is 16.5. The summed E-state index contributed by atoms with van der Waals surface area (Å²) in [5, 5.41) is 4.47. The quantitative estimate of drug-likeness (QED) is 0.781. The zero-order valence-electron chi connectivity index (χ0n) is 16.8. The molecule has 0 saturated carbocycles. The minimum atomic E-state index is -0.169. The number of aromatic nitrogens is 2. The molecule has 0 aliphatic carbocycles. The number of hydrogen-bond acceptors (Lipinski definition) is 6. The van der Waals surface area contributed by atoms with Crippen molar-refractivity contribution in [3.63, 3.8) is 0 Å². The summed E-state index contributed by atoms with van der Waals surface area (Å²) < 4.78 is 17.5. The molecule has 0 saturated heterocycles. The lowest BCUT2D eigenvalue weighted by atomic mass is 10.0. The summed E-state index contributed by atoms with van der Waals surface area (Å²) >= 11 is 0. The van der Waals surface area contributed by atoms with E-state index in [1.807, 2.05) is 13.8 Å². The first kappa shape index (κ1) is 19.7. The highest BCUT2D eigenvalue weighted by molar-refractivity contribution is 5.95. The molecule has 0 bridgehead atoms. The SMILES string of the molecule is COc1cc(C(=O)N2CCc3nn(C(C)C)c(=O)cc3C2)cc(OC)c1OC. The summed E-state index contributed by atoms with van der Waals surface area (Å²) in [7, 11) is 4.53. The third kappa shape index (κ3) is 3.54. The van der Waals surface area contributed by atoms with Crippen molar-refractivity contribution >= 4 is 5.91 Å². The maximum atomic E-state index is 13.1. The average molecular weight is 387 g/mol. The molecule has 1 amide bonds. The number of amides is 1. The zero-order valence-corrected chi connectivity index (χ0v) is 16.8. The van der Waals surface area contributed by atoms with Gasteiger partial charge in [0.05, 0.1) is 33.1 Å². The Morgan fingerprint density at radius 2 is 1.71 bits per heavy atom. The molecule has 1 aromatic carbocycles. The standard InChI is InChI=1S/C20H25N3O5/c1-12(2)23-18(24)10-14-11-22(7-6-15(14)21-23)20(25)13-8-16(26-3)19(28-5)17(9-13)27-4/h8-10,12H,6-7,11H2,1-5H3. The first-order chi connectivity index (χ1) is 13.4. The molecule has 0 spiro atoms. The first-order valence-corrected chi connectivity index (χ1v) is 9.10. The lowest BCUT2D eigenvalue weighted by Gasteiger charge is -2.29. The average Bonchev–Trinajstić information content (AvgIpc) is 2.70. The molecular formula is C20H25N3O5. The second-order valence-corrected chi connectivity index (χ2v) is 6.88. The van der Waals surface area contributed by atoms with Crippen LogP contribution in [0.15, 0.2) is 23.0 Å². The number of fused-ring (bicyclic) bond motifs is 1. The summed E-state index contributed by atoms with van der Waals surface area (Å²) in [4.78, 5) is 27.0. The molecule has 1 aliphatic heterocycles. The van der Waals surface area contributed by atoms with Crippen LogP contribution in [0.4, 0.5) is 0 Å². The Morgan fingerprint density at radius 1 is 1.07 bits per heavy atom. The van der Waals surface area contributed by atoms with Gasteiger partial charge in [-0.1, -0.05) is 0 Å². The highest BCUT2D eigenvalue weighted by Crippen LogP contribution is 2.38. The van der Waals surface area contributed by atoms with Gasteiger partial charge in [0.1, 0.15) is 0 Å². The van der Waals surface area contributed by atoms with E-state index in [0.29, 0.717) is 42.3 Å². The summed E-state index contributed by atoms with van der Waals surface area (Å²) in [6.45, 7) is 4.70. The van der Waals surface area contributed by atoms with E-state index in [4.69, 9.17) is 14.2 Å². The molecule has 1 aromatic heterocycles. The van der Waals surface area contributed by atoms with Crippen molar-refractivity contribution in [1.82, 2.24) is 14.7 Å². The van der Waals surface area contributed by atoms with Crippen LogP contribution < -0.4 is 19.8 Å². The Morgan fingerprint density at radius 3 is 2.25 bits per heavy atom. The van der Waals surface area contributed by atoms with Gasteiger partial charge in [0.2, 0.25) is 5.75 Å². The van der Waals surface area contributed by atoms with Crippen LogP contribution in [0, 0.1) is 0 Å². The van der Waals surface area contributed by atoms with Crippen molar-refractivity contribution in [1.29, 1.82) is 0 Å². The number of nitrogens with zero attached hydrogens (tertiary/aromatic N) is 3. The van der Waals surface area contributed by atoms with Gasteiger partial charge < -0.3 is 19.1 Å². The van der Waals surface area contributed by atoms with E-state index in [2.05, 4.69) is 5.10 Å². The molecule has 150 valence electrons. The topological polar surface area (TPSA) is 82.9 Å². The molecule has 2 heterocycles. The van der Waals surface area contributed by atoms with Crippen LogP contribution in [0.2, 0.25) is 0 Å². The number of ether oxygens (including phenoxy) is 3. The van der Waals surface area contributed by atoms with Crippen LogP contribution >= 0.6 is 0 Å². The van der Waals surface area contributed by atoms with Crippen LogP contribution in [0.5, 0.6) is 17.2 Å². The van der Waals surface area contributed by atoms with Crippen LogP contribution in [-0.4, -0.2) is 48.5 Å². The molecule has 8 nitrogen and oxygen atoms in total. The lowest BCUT2D eigenvalue weighted by molar-refractivity contribution is 0.0731. The molecule has 3 rings (SSSR count). The largest absolute Gasteiger partial charge is 0.493 e. The Hall–Kier alpha value is -3.03. The van der Waals surface area contributed by atoms with E-state index in [9.17, 15) is 9.59 Å². The first-order valence-electron chi connectivity index (χ1n) is 9.10. The van der Waals surface area contributed by atoms with Gasteiger partial charge in [-0.2, -0.15) is 5.10 Å². The normalized spacial score (nSPS) is 13.3. The monoisotopic (exact) mass is 387 g/mol. The van der Waals surface area contributed by atoms with Gasteiger partial charge in [-0.05, 0) is 26.0 Å². The van der Waals surface area contributed by atoms with E-state index < -0.39 is 0 Å². The molecular weight excluding hydrogens is 362 g/mol. The maximum absolute atomic E-state index is 13.1. The Bertz CT molecular complexity index is 926. The molecule has 0 N–H and O–H groups in total. The summed E-state index contributed by atoms with van der Waals surface area (Å²) in [6.07, 6.45) is 0.596. The van der Waals surface area contributed by atoms with Gasteiger partial charge >= 0.3 is 0 Å². The lowest BCUT2D eigenvalue weighted by Crippen LogP contribution is -2.38. The van der Waals surface area contributed by atoms with Gasteiger partial charge in [-0.3, -0.25) is 9.59 Å². The van der Waals surface area contributed by atoms with Gasteiger partial charge in [-0.15, -0.1) is 0 Å². The van der Waals surface area contributed by atoms with Crippen molar-refractivity contribution < 1.29 is 19.0 Å². The smallest absolute Gasteiger partial charge is 0.267 e. The maximum Gasteiger partial charge on any atom is 0.267 e. The second-order valence-electron chi connectivity index (χ2n) is 6.88. The predicted molar refractivity (Wildman–Crippen MR) is 103 cm³/mol. The number of carbonyl (C=O) groups excluding carboxylic acids is 1. The third-order valence-corrected chi connectivity index (χ3v) is 4.79. The molecule has 2 aromatic rings. The van der Waals surface area contributed by atoms with Crippen LogP contribution in [0.25, 0.3) is 0 Å². The summed E-state index contributed by atoms with van der Waals surface area (Å²) in [5.74, 6) is 1.11. The second kappa shape index (κ2) is 7.92. The van der Waals surface area contributed by atoms with E-state index in [0.717, 1.165) is 11.3 Å². The summed E-state index contributed by atoms with van der Waals surface area (Å²) in [6, 6.07) is 4.84. The Kier molecular flexibility index (Phi) is 5.58. The van der Waals surface area contributed by atoms with Gasteiger partial charge in [0.25, 0.3) is 11.5 Å². The fraction of sp³-hybridized carbons (Fsp3) is 0.450. The summed E-state index contributed by atoms with van der Waals surface area (Å²) in [5.41, 5.74) is 1.92. The number of carbonyl (C=O) groups is 1. The molecule has 0 fully saturated rings. The predicted octanol–water partition coefficient (Wildman–Crippen LogP) is 2.05. The van der Waals surface area contributed by atoms with Crippen LogP contribution in [-0.2, 0) is 13.0 Å². The van der Waals surface area contributed by atoms with Crippen molar-refractivity contribution in [2.75, 3.05) is 27.9 Å². The van der Waals surface area contributed by atoms with Crippen molar-refractivity contribution in [2.24, 2.45) is 0 Å². The number of hydrogen-bond donors (Lipinski definition) is 0. The molecule has 0 radical (unpaired) electrons. The number of rotatable bonds is 5. The molecule has 0 unspecified atom stereocenters. The van der Waals surface area contributed by atoms with Gasteiger partial charge in [0, 0.05) is 36.7 Å². The van der Waals surface area contributed by atoms with Gasteiger partial charge in [-0.25, -0.2) is 4.68 Å². The van der Waals surface area contributed by atoms with E-state index in [-0.39, 0.29) is 17.5 Å². The third-order valence-electron chi connectivity index (χ3n) is 4.79. The Labute approximate surface area is 163 Å². The van der Waals surface area contributed by atoms with E-state index >= 15 is 0 Å². The van der Waals surface area contributed by atoms with E-state index in [1.54, 1.807) is 23.1 Å². The Balaban J connectivity index is 1.91. The fourth-order valence-corrected chi connectivity index (χ4v) is 3.35. The van der Waals surface area contributed by atoms with Gasteiger partial charge in [0.15, 0.2) is 11.5 Å². The molecule has 28 heavy (non-hydrogen) atoms. The highest BCUT2D eigenvalue weighted by Gasteiger charge is 2.26. The fourth-order valence-electron chi connectivity index (χ4n) is 3.35.